The molecule has 1 atom stereocenters. The summed E-state index contributed by atoms with van der Waals surface area (Å²) in [5.41, 5.74) is 12.4. The Morgan fingerprint density at radius 3 is 2.16 bits per heavy atom. The fourth-order valence-electron chi connectivity index (χ4n) is 4.09. The number of nitrogens with two attached hydrogens (primary N) is 1. The van der Waals surface area contributed by atoms with Crippen LogP contribution in [0.2, 0.25) is 0 Å². The van der Waals surface area contributed by atoms with E-state index in [1.807, 2.05) is 67.6 Å². The second-order valence-electron chi connectivity index (χ2n) is 7.46. The molecule has 2 N–H and O–H groups in total. The number of benzene rings is 3. The molecule has 150 valence electrons. The van der Waals surface area contributed by atoms with E-state index in [9.17, 15) is 5.26 Å². The van der Waals surface area contributed by atoms with Crippen LogP contribution in [0.15, 0.2) is 96.4 Å². The molecule has 0 unspecified atom stereocenters. The van der Waals surface area contributed by atoms with E-state index in [-0.39, 0.29) is 11.8 Å². The van der Waals surface area contributed by atoms with Crippen molar-refractivity contribution in [3.8, 4) is 28.8 Å². The maximum Gasteiger partial charge on any atom is 0.229 e. The molecule has 0 spiro atoms. The van der Waals surface area contributed by atoms with Crippen LogP contribution in [0.3, 0.4) is 0 Å². The zero-order chi connectivity index (χ0) is 21.4. The quantitative estimate of drug-likeness (QED) is 0.517. The Hall–Kier alpha value is -4.30. The van der Waals surface area contributed by atoms with Gasteiger partial charge in [0.1, 0.15) is 11.6 Å². The number of nitriles is 1. The van der Waals surface area contributed by atoms with Crippen molar-refractivity contribution < 1.29 is 4.74 Å². The minimum Gasteiger partial charge on any atom is -0.422 e. The number of nitrogens with zero attached hydrogens (tertiary/aromatic N) is 3. The van der Waals surface area contributed by atoms with Crippen molar-refractivity contribution in [1.82, 2.24) is 9.78 Å². The van der Waals surface area contributed by atoms with Crippen LogP contribution in [0.5, 0.6) is 5.88 Å². The van der Waals surface area contributed by atoms with E-state index in [4.69, 9.17) is 15.6 Å². The van der Waals surface area contributed by atoms with Crippen molar-refractivity contribution in [2.45, 2.75) is 12.8 Å². The molecule has 3 aromatic carbocycles. The molecule has 1 aromatic heterocycles. The lowest BCUT2D eigenvalue weighted by molar-refractivity contribution is 0.367. The lowest BCUT2D eigenvalue weighted by Gasteiger charge is -2.25. The predicted octanol–water partition coefficient (Wildman–Crippen LogP) is 5.07. The standard InChI is InChI=1S/C26H20N4O/c1-17-23-24(20-14-12-19(13-15-20)18-8-4-2-5-9-18)22(16-27)25(28)31-26(23)30(29-17)21-10-6-3-7-11-21/h2-15,24H,28H2,1H3/t24-/m0/s1. The van der Waals surface area contributed by atoms with Gasteiger partial charge in [-0.15, -0.1) is 0 Å². The molecule has 31 heavy (non-hydrogen) atoms. The number of allylic oxidation sites excluding steroid dienone is 1. The number of fused-ring (bicyclic) bond motifs is 1. The number of para-hydroxylation sites is 1. The summed E-state index contributed by atoms with van der Waals surface area (Å²) in [6.45, 7) is 1.93. The first-order chi connectivity index (χ1) is 15.2. The zero-order valence-electron chi connectivity index (χ0n) is 17.0. The molecule has 0 bridgehead atoms. The Labute approximate surface area is 180 Å². The molecule has 1 aliphatic heterocycles. The maximum atomic E-state index is 9.87. The van der Waals surface area contributed by atoms with E-state index in [1.54, 1.807) is 4.68 Å². The van der Waals surface area contributed by atoms with Gasteiger partial charge in [-0.2, -0.15) is 10.4 Å². The van der Waals surface area contributed by atoms with Crippen molar-refractivity contribution in [1.29, 1.82) is 5.26 Å². The SMILES string of the molecule is Cc1nn(-c2ccccc2)c2c1[C@@H](c1ccc(-c3ccccc3)cc1)C(C#N)=C(N)O2. The van der Waals surface area contributed by atoms with E-state index < -0.39 is 0 Å². The van der Waals surface area contributed by atoms with Gasteiger partial charge in [-0.25, -0.2) is 4.68 Å². The van der Waals surface area contributed by atoms with Gasteiger partial charge in [0.2, 0.25) is 11.8 Å². The topological polar surface area (TPSA) is 76.9 Å². The average Bonchev–Trinajstić information content (AvgIpc) is 3.15. The van der Waals surface area contributed by atoms with Crippen LogP contribution in [0.1, 0.15) is 22.7 Å². The van der Waals surface area contributed by atoms with Crippen LogP contribution in [0, 0.1) is 18.3 Å². The summed E-state index contributed by atoms with van der Waals surface area (Å²) in [7, 11) is 0. The van der Waals surface area contributed by atoms with Crippen LogP contribution in [0.4, 0.5) is 0 Å². The van der Waals surface area contributed by atoms with Gasteiger partial charge in [0, 0.05) is 0 Å². The molecule has 0 amide bonds. The zero-order valence-corrected chi connectivity index (χ0v) is 17.0. The highest BCUT2D eigenvalue weighted by Crippen LogP contribution is 2.44. The molecule has 0 radical (unpaired) electrons. The van der Waals surface area contributed by atoms with Crippen molar-refractivity contribution >= 4 is 0 Å². The van der Waals surface area contributed by atoms with Gasteiger partial charge >= 0.3 is 0 Å². The highest BCUT2D eigenvalue weighted by molar-refractivity contribution is 5.65. The molecule has 0 saturated carbocycles. The fourth-order valence-corrected chi connectivity index (χ4v) is 4.09. The molecule has 5 heteroatoms. The summed E-state index contributed by atoms with van der Waals surface area (Å²) in [5.74, 6) is 0.331. The largest absolute Gasteiger partial charge is 0.422 e. The van der Waals surface area contributed by atoms with Gasteiger partial charge in [-0.1, -0.05) is 72.8 Å². The maximum absolute atomic E-state index is 9.87. The monoisotopic (exact) mass is 404 g/mol. The van der Waals surface area contributed by atoms with Crippen molar-refractivity contribution in [3.05, 3.63) is 113 Å². The van der Waals surface area contributed by atoms with Gasteiger partial charge in [0.05, 0.1) is 22.9 Å². The van der Waals surface area contributed by atoms with Gasteiger partial charge in [0.15, 0.2) is 0 Å². The molecule has 4 aromatic rings. The highest BCUT2D eigenvalue weighted by atomic mass is 16.5. The van der Waals surface area contributed by atoms with Crippen LogP contribution >= 0.6 is 0 Å². The molecule has 2 heterocycles. The van der Waals surface area contributed by atoms with E-state index in [0.717, 1.165) is 33.6 Å². The first-order valence-electron chi connectivity index (χ1n) is 10.1. The van der Waals surface area contributed by atoms with Crippen LogP contribution in [-0.4, -0.2) is 9.78 Å². The van der Waals surface area contributed by atoms with E-state index in [1.165, 1.54) is 0 Å². The van der Waals surface area contributed by atoms with Crippen molar-refractivity contribution in [2.24, 2.45) is 5.73 Å². The highest BCUT2D eigenvalue weighted by Gasteiger charge is 2.36. The smallest absolute Gasteiger partial charge is 0.229 e. The van der Waals surface area contributed by atoms with E-state index in [0.29, 0.717) is 11.5 Å². The number of hydrogen-bond donors (Lipinski definition) is 1. The van der Waals surface area contributed by atoms with Gasteiger partial charge in [0.25, 0.3) is 0 Å². The summed E-state index contributed by atoms with van der Waals surface area (Å²) in [6.07, 6.45) is 0. The lowest BCUT2D eigenvalue weighted by atomic mass is 9.83. The Balaban J connectivity index is 1.64. The van der Waals surface area contributed by atoms with Crippen LogP contribution < -0.4 is 10.5 Å². The summed E-state index contributed by atoms with van der Waals surface area (Å²) < 4.78 is 7.67. The first-order valence-corrected chi connectivity index (χ1v) is 10.1. The first kappa shape index (κ1) is 18.7. The summed E-state index contributed by atoms with van der Waals surface area (Å²) in [6, 6.07) is 30.5. The van der Waals surface area contributed by atoms with Crippen LogP contribution in [-0.2, 0) is 0 Å². The molecule has 0 aliphatic carbocycles. The molecule has 1 aliphatic rings. The third kappa shape index (κ3) is 3.15. The second-order valence-corrected chi connectivity index (χ2v) is 7.46. The summed E-state index contributed by atoms with van der Waals surface area (Å²) in [5, 5.41) is 14.6. The molecule has 0 saturated heterocycles. The van der Waals surface area contributed by atoms with Gasteiger partial charge in [-0.3, -0.25) is 0 Å². The normalized spacial score (nSPS) is 15.2. The Kier molecular flexibility index (Phi) is 4.53. The van der Waals surface area contributed by atoms with Crippen molar-refractivity contribution in [3.63, 3.8) is 0 Å². The number of rotatable bonds is 3. The van der Waals surface area contributed by atoms with Crippen molar-refractivity contribution in [2.75, 3.05) is 0 Å². The minimum absolute atomic E-state index is 0.115. The van der Waals surface area contributed by atoms with E-state index >= 15 is 0 Å². The second kappa shape index (κ2) is 7.51. The number of aryl methyl sites for hydroxylation is 1. The molecule has 5 rings (SSSR count). The Bertz CT molecular complexity index is 1310. The number of ether oxygens (including phenoxy) is 1. The van der Waals surface area contributed by atoms with Gasteiger partial charge in [-0.05, 0) is 35.7 Å². The van der Waals surface area contributed by atoms with Gasteiger partial charge < -0.3 is 10.5 Å². The van der Waals surface area contributed by atoms with E-state index in [2.05, 4.69) is 30.3 Å². The summed E-state index contributed by atoms with van der Waals surface area (Å²) in [4.78, 5) is 0. The van der Waals surface area contributed by atoms with Crippen LogP contribution in [0.25, 0.3) is 16.8 Å². The lowest BCUT2D eigenvalue weighted by Crippen LogP contribution is -2.22. The molecule has 0 fully saturated rings. The third-order valence-electron chi connectivity index (χ3n) is 5.58. The molecular formula is C26H20N4O. The number of aromatic nitrogens is 2. The Morgan fingerprint density at radius 1 is 0.903 bits per heavy atom. The Morgan fingerprint density at radius 2 is 1.52 bits per heavy atom. The minimum atomic E-state index is -0.337. The summed E-state index contributed by atoms with van der Waals surface area (Å²) >= 11 is 0. The number of hydrogen-bond acceptors (Lipinski definition) is 4. The molecule has 5 nitrogen and oxygen atoms in total. The molecular weight excluding hydrogens is 384 g/mol. The fraction of sp³-hybridized carbons (Fsp3) is 0.0769. The predicted molar refractivity (Wildman–Crippen MR) is 119 cm³/mol. The average molecular weight is 404 g/mol. The third-order valence-corrected chi connectivity index (χ3v) is 5.58.